The standard InChI is InChI=1S/C9H10BrN3O2/c1-5-3-2-4-6(7(5)10)12-8(14)9(15)13-11/h2-4H,11H2,1H3,(H,12,14)(H,13,15). The number of carbonyl (C=O) groups excluding carboxylic acids is 2. The van der Waals surface area contributed by atoms with Crippen molar-refractivity contribution in [1.82, 2.24) is 5.43 Å². The summed E-state index contributed by atoms with van der Waals surface area (Å²) in [5.41, 5.74) is 3.24. The molecule has 0 radical (unpaired) electrons. The van der Waals surface area contributed by atoms with Crippen molar-refractivity contribution in [3.63, 3.8) is 0 Å². The first-order valence-corrected chi connectivity index (χ1v) is 4.92. The van der Waals surface area contributed by atoms with E-state index in [0.717, 1.165) is 10.0 Å². The van der Waals surface area contributed by atoms with Crippen LogP contribution >= 0.6 is 15.9 Å². The number of hydrogen-bond acceptors (Lipinski definition) is 3. The van der Waals surface area contributed by atoms with Crippen molar-refractivity contribution in [1.29, 1.82) is 0 Å². The molecule has 15 heavy (non-hydrogen) atoms. The fourth-order valence-corrected chi connectivity index (χ4v) is 1.35. The molecule has 0 bridgehead atoms. The van der Waals surface area contributed by atoms with Crippen molar-refractivity contribution in [3.8, 4) is 0 Å². The maximum Gasteiger partial charge on any atom is 0.323 e. The molecule has 5 nitrogen and oxygen atoms in total. The van der Waals surface area contributed by atoms with E-state index in [2.05, 4.69) is 21.2 Å². The van der Waals surface area contributed by atoms with Crippen LogP contribution in [0.1, 0.15) is 5.56 Å². The lowest BCUT2D eigenvalue weighted by molar-refractivity contribution is -0.136. The van der Waals surface area contributed by atoms with Crippen LogP contribution in [0.2, 0.25) is 0 Å². The van der Waals surface area contributed by atoms with E-state index in [-0.39, 0.29) is 0 Å². The molecule has 0 aliphatic rings. The number of anilines is 1. The van der Waals surface area contributed by atoms with Gasteiger partial charge in [-0.05, 0) is 34.5 Å². The van der Waals surface area contributed by atoms with E-state index in [1.54, 1.807) is 17.6 Å². The molecule has 0 heterocycles. The fraction of sp³-hybridized carbons (Fsp3) is 0.111. The topological polar surface area (TPSA) is 84.2 Å². The molecule has 2 amide bonds. The fourth-order valence-electron chi connectivity index (χ4n) is 0.989. The van der Waals surface area contributed by atoms with Crippen molar-refractivity contribution in [2.45, 2.75) is 6.92 Å². The SMILES string of the molecule is Cc1cccc(NC(=O)C(=O)NN)c1Br. The number of rotatable bonds is 1. The van der Waals surface area contributed by atoms with Gasteiger partial charge < -0.3 is 5.32 Å². The van der Waals surface area contributed by atoms with Crippen molar-refractivity contribution < 1.29 is 9.59 Å². The molecule has 1 aromatic carbocycles. The number of halogens is 1. The highest BCUT2D eigenvalue weighted by molar-refractivity contribution is 9.10. The minimum Gasteiger partial charge on any atom is -0.317 e. The Labute approximate surface area is 95.1 Å². The van der Waals surface area contributed by atoms with Gasteiger partial charge in [-0.1, -0.05) is 12.1 Å². The zero-order valence-corrected chi connectivity index (χ0v) is 9.59. The van der Waals surface area contributed by atoms with Crippen LogP contribution < -0.4 is 16.6 Å². The molecule has 0 aliphatic carbocycles. The average molecular weight is 272 g/mol. The van der Waals surface area contributed by atoms with Gasteiger partial charge in [-0.25, -0.2) is 5.84 Å². The van der Waals surface area contributed by atoms with E-state index in [1.165, 1.54) is 0 Å². The Morgan fingerprint density at radius 1 is 1.33 bits per heavy atom. The van der Waals surface area contributed by atoms with Gasteiger partial charge in [0.1, 0.15) is 0 Å². The third-order valence-electron chi connectivity index (χ3n) is 1.78. The number of carbonyl (C=O) groups is 2. The molecule has 1 rings (SSSR count). The van der Waals surface area contributed by atoms with Crippen molar-refractivity contribution >= 4 is 33.4 Å². The van der Waals surface area contributed by atoms with E-state index in [0.29, 0.717) is 5.69 Å². The van der Waals surface area contributed by atoms with Crippen LogP contribution in [-0.2, 0) is 9.59 Å². The smallest absolute Gasteiger partial charge is 0.317 e. The zero-order chi connectivity index (χ0) is 11.4. The highest BCUT2D eigenvalue weighted by atomic mass is 79.9. The summed E-state index contributed by atoms with van der Waals surface area (Å²) in [5, 5.41) is 2.42. The maximum atomic E-state index is 11.2. The van der Waals surface area contributed by atoms with E-state index >= 15 is 0 Å². The van der Waals surface area contributed by atoms with Crippen LogP contribution in [0.15, 0.2) is 22.7 Å². The lowest BCUT2D eigenvalue weighted by Crippen LogP contribution is -2.39. The summed E-state index contributed by atoms with van der Waals surface area (Å²) in [4.78, 5) is 22.0. The van der Waals surface area contributed by atoms with Crippen LogP contribution in [0.4, 0.5) is 5.69 Å². The quantitative estimate of drug-likeness (QED) is 0.304. The first-order valence-electron chi connectivity index (χ1n) is 4.13. The molecule has 0 saturated carbocycles. The number of hydrogen-bond donors (Lipinski definition) is 3. The molecule has 0 saturated heterocycles. The second-order valence-electron chi connectivity index (χ2n) is 2.86. The minimum atomic E-state index is -0.886. The van der Waals surface area contributed by atoms with Gasteiger partial charge in [-0.15, -0.1) is 0 Å². The monoisotopic (exact) mass is 271 g/mol. The Morgan fingerprint density at radius 3 is 2.60 bits per heavy atom. The van der Waals surface area contributed by atoms with Crippen LogP contribution in [-0.4, -0.2) is 11.8 Å². The lowest BCUT2D eigenvalue weighted by atomic mass is 10.2. The Morgan fingerprint density at radius 2 is 2.00 bits per heavy atom. The number of benzene rings is 1. The molecular weight excluding hydrogens is 262 g/mol. The van der Waals surface area contributed by atoms with Crippen LogP contribution in [0.3, 0.4) is 0 Å². The van der Waals surface area contributed by atoms with Crippen LogP contribution in [0, 0.1) is 6.92 Å². The Bertz CT molecular complexity index is 406. The third kappa shape index (κ3) is 2.77. The molecular formula is C9H10BrN3O2. The predicted octanol–water partition coefficient (Wildman–Crippen LogP) is 0.686. The number of hydrazine groups is 1. The van der Waals surface area contributed by atoms with E-state index in [1.807, 2.05) is 13.0 Å². The highest BCUT2D eigenvalue weighted by Crippen LogP contribution is 2.25. The number of nitrogens with one attached hydrogen (secondary N) is 2. The minimum absolute atomic E-state index is 0.531. The predicted molar refractivity (Wildman–Crippen MR) is 59.8 cm³/mol. The number of aryl methyl sites for hydroxylation is 1. The van der Waals surface area contributed by atoms with Gasteiger partial charge in [0.2, 0.25) is 0 Å². The van der Waals surface area contributed by atoms with Crippen molar-refractivity contribution in [2.24, 2.45) is 5.84 Å². The molecule has 80 valence electrons. The van der Waals surface area contributed by atoms with Crippen LogP contribution in [0.25, 0.3) is 0 Å². The summed E-state index contributed by atoms with van der Waals surface area (Å²) in [5.74, 6) is 3.13. The Kier molecular flexibility index (Phi) is 3.81. The third-order valence-corrected chi connectivity index (χ3v) is 2.83. The normalized spacial score (nSPS) is 9.53. The molecule has 0 fully saturated rings. The summed E-state index contributed by atoms with van der Waals surface area (Å²) in [6.45, 7) is 1.88. The number of amides is 2. The van der Waals surface area contributed by atoms with Gasteiger partial charge in [-0.3, -0.25) is 15.0 Å². The molecule has 0 spiro atoms. The molecule has 4 N–H and O–H groups in total. The summed E-state index contributed by atoms with van der Waals surface area (Å²) < 4.78 is 0.739. The first-order chi connectivity index (χ1) is 7.06. The van der Waals surface area contributed by atoms with Gasteiger partial charge in [0, 0.05) is 4.47 Å². The molecule has 0 aromatic heterocycles. The Balaban J connectivity index is 2.86. The summed E-state index contributed by atoms with van der Waals surface area (Å²) in [7, 11) is 0. The second kappa shape index (κ2) is 4.90. The first kappa shape index (κ1) is 11.7. The van der Waals surface area contributed by atoms with Gasteiger partial charge >= 0.3 is 11.8 Å². The molecule has 0 aliphatic heterocycles. The molecule has 0 unspecified atom stereocenters. The summed E-state index contributed by atoms with van der Waals surface area (Å²) in [6.07, 6.45) is 0. The lowest BCUT2D eigenvalue weighted by Gasteiger charge is -2.07. The molecule has 6 heteroatoms. The van der Waals surface area contributed by atoms with Gasteiger partial charge in [0.05, 0.1) is 5.69 Å². The average Bonchev–Trinajstić information content (AvgIpc) is 2.23. The van der Waals surface area contributed by atoms with E-state index < -0.39 is 11.8 Å². The van der Waals surface area contributed by atoms with E-state index in [4.69, 9.17) is 5.84 Å². The zero-order valence-electron chi connectivity index (χ0n) is 8.00. The van der Waals surface area contributed by atoms with Crippen LogP contribution in [0.5, 0.6) is 0 Å². The second-order valence-corrected chi connectivity index (χ2v) is 3.66. The Hall–Kier alpha value is -1.40. The molecule has 0 atom stereocenters. The van der Waals surface area contributed by atoms with Crippen molar-refractivity contribution in [2.75, 3.05) is 5.32 Å². The summed E-state index contributed by atoms with van der Waals surface area (Å²) >= 11 is 3.30. The summed E-state index contributed by atoms with van der Waals surface area (Å²) in [6, 6.07) is 5.33. The largest absolute Gasteiger partial charge is 0.323 e. The highest BCUT2D eigenvalue weighted by Gasteiger charge is 2.13. The van der Waals surface area contributed by atoms with Crippen molar-refractivity contribution in [3.05, 3.63) is 28.2 Å². The van der Waals surface area contributed by atoms with Gasteiger partial charge in [-0.2, -0.15) is 0 Å². The van der Waals surface area contributed by atoms with Gasteiger partial charge in [0.15, 0.2) is 0 Å². The number of nitrogens with two attached hydrogens (primary N) is 1. The molecule has 1 aromatic rings. The maximum absolute atomic E-state index is 11.2. The van der Waals surface area contributed by atoms with E-state index in [9.17, 15) is 9.59 Å². The van der Waals surface area contributed by atoms with Gasteiger partial charge in [0.25, 0.3) is 0 Å².